The minimum atomic E-state index is -0.876. The van der Waals surface area contributed by atoms with Gasteiger partial charge in [-0.3, -0.25) is 4.79 Å². The van der Waals surface area contributed by atoms with Gasteiger partial charge in [-0.2, -0.15) is 0 Å². The van der Waals surface area contributed by atoms with Crippen molar-refractivity contribution in [2.75, 3.05) is 0 Å². The van der Waals surface area contributed by atoms with Gasteiger partial charge in [0.15, 0.2) is 5.78 Å². The third-order valence-electron chi connectivity index (χ3n) is 3.00. The summed E-state index contributed by atoms with van der Waals surface area (Å²) in [6.45, 7) is 2.21. The van der Waals surface area contributed by atoms with Crippen LogP contribution in [0, 0.1) is 0 Å². The minimum absolute atomic E-state index is 0.0346. The number of hydrogen-bond acceptors (Lipinski definition) is 2. The Labute approximate surface area is 98.1 Å². The van der Waals surface area contributed by atoms with Crippen LogP contribution < -0.4 is 0 Å². The van der Waals surface area contributed by atoms with Crippen LogP contribution >= 0.6 is 0 Å². The Kier molecular flexibility index (Phi) is 5.47. The van der Waals surface area contributed by atoms with Gasteiger partial charge >= 0.3 is 0 Å². The number of allylic oxidation sites excluding steroid dienone is 2. The monoisotopic (exact) mass is 222 g/mol. The molecular formula is C14H22O2. The highest BCUT2D eigenvalue weighted by Gasteiger charge is 2.21. The van der Waals surface area contributed by atoms with Crippen LogP contribution in [0.15, 0.2) is 24.3 Å². The largest absolute Gasteiger partial charge is 0.382 e. The number of unbranched alkanes of at least 4 members (excludes halogenated alkanes) is 5. The third kappa shape index (κ3) is 4.75. The summed E-state index contributed by atoms with van der Waals surface area (Å²) >= 11 is 0. The molecule has 0 saturated carbocycles. The normalized spacial score (nSPS) is 18.0. The second-order valence-corrected chi connectivity index (χ2v) is 4.58. The quantitative estimate of drug-likeness (QED) is 0.672. The summed E-state index contributed by atoms with van der Waals surface area (Å²) in [6.07, 6.45) is 14.1. The zero-order valence-corrected chi connectivity index (χ0v) is 10.1. The van der Waals surface area contributed by atoms with Gasteiger partial charge in [0.1, 0.15) is 5.60 Å². The number of carbonyl (C=O) groups excluding carboxylic acids is 1. The van der Waals surface area contributed by atoms with E-state index in [1.54, 1.807) is 12.2 Å². The zero-order valence-electron chi connectivity index (χ0n) is 10.1. The maximum atomic E-state index is 10.9. The first-order valence-electron chi connectivity index (χ1n) is 6.31. The molecule has 16 heavy (non-hydrogen) atoms. The Hall–Kier alpha value is -0.890. The van der Waals surface area contributed by atoms with E-state index in [0.717, 1.165) is 19.3 Å². The predicted octanol–water partition coefficient (Wildman–Crippen LogP) is 3.16. The van der Waals surface area contributed by atoms with Crippen LogP contribution in [-0.2, 0) is 4.79 Å². The number of carbonyl (C=O) groups is 1. The number of rotatable bonds is 7. The maximum Gasteiger partial charge on any atom is 0.178 e. The molecule has 1 aliphatic carbocycles. The lowest BCUT2D eigenvalue weighted by Crippen LogP contribution is -2.25. The summed E-state index contributed by atoms with van der Waals surface area (Å²) in [4.78, 5) is 10.9. The molecule has 0 atom stereocenters. The highest BCUT2D eigenvalue weighted by molar-refractivity contribution is 6.00. The van der Waals surface area contributed by atoms with Gasteiger partial charge in [-0.1, -0.05) is 39.0 Å². The van der Waals surface area contributed by atoms with Crippen molar-refractivity contribution < 1.29 is 9.90 Å². The van der Waals surface area contributed by atoms with Crippen molar-refractivity contribution in [1.29, 1.82) is 0 Å². The van der Waals surface area contributed by atoms with Gasteiger partial charge < -0.3 is 5.11 Å². The fourth-order valence-electron chi connectivity index (χ4n) is 1.92. The van der Waals surface area contributed by atoms with Gasteiger partial charge in [-0.05, 0) is 37.1 Å². The van der Waals surface area contributed by atoms with Crippen LogP contribution in [0.25, 0.3) is 0 Å². The van der Waals surface area contributed by atoms with Crippen LogP contribution in [-0.4, -0.2) is 16.5 Å². The van der Waals surface area contributed by atoms with E-state index in [1.807, 2.05) is 0 Å². The molecule has 2 heteroatoms. The van der Waals surface area contributed by atoms with Gasteiger partial charge in [0.2, 0.25) is 0 Å². The summed E-state index contributed by atoms with van der Waals surface area (Å²) in [6, 6.07) is 0. The molecule has 0 aliphatic heterocycles. The Balaban J connectivity index is 2.15. The van der Waals surface area contributed by atoms with Gasteiger partial charge in [-0.25, -0.2) is 0 Å². The van der Waals surface area contributed by atoms with Crippen molar-refractivity contribution >= 4 is 5.78 Å². The average Bonchev–Trinajstić information content (AvgIpc) is 2.28. The van der Waals surface area contributed by atoms with Crippen molar-refractivity contribution in [3.63, 3.8) is 0 Å². The summed E-state index contributed by atoms with van der Waals surface area (Å²) < 4.78 is 0. The second kappa shape index (κ2) is 6.64. The molecule has 1 aliphatic rings. The molecule has 0 radical (unpaired) electrons. The lowest BCUT2D eigenvalue weighted by molar-refractivity contribution is -0.110. The first-order chi connectivity index (χ1) is 7.66. The van der Waals surface area contributed by atoms with Crippen LogP contribution in [0.2, 0.25) is 0 Å². The van der Waals surface area contributed by atoms with Crippen LogP contribution in [0.3, 0.4) is 0 Å². The van der Waals surface area contributed by atoms with Gasteiger partial charge in [-0.15, -0.1) is 0 Å². The fourth-order valence-corrected chi connectivity index (χ4v) is 1.92. The highest BCUT2D eigenvalue weighted by Crippen LogP contribution is 2.21. The average molecular weight is 222 g/mol. The fraction of sp³-hybridized carbons (Fsp3) is 0.643. The topological polar surface area (TPSA) is 37.3 Å². The SMILES string of the molecule is CCCCCCCCC1(O)C=CC(=O)C=C1. The summed E-state index contributed by atoms with van der Waals surface area (Å²) in [5.74, 6) is -0.0346. The van der Waals surface area contributed by atoms with E-state index in [2.05, 4.69) is 6.92 Å². The van der Waals surface area contributed by atoms with E-state index in [0.29, 0.717) is 0 Å². The van der Waals surface area contributed by atoms with Crippen LogP contribution in [0.1, 0.15) is 51.9 Å². The first-order valence-corrected chi connectivity index (χ1v) is 6.31. The van der Waals surface area contributed by atoms with Gasteiger partial charge in [0.25, 0.3) is 0 Å². The molecule has 0 spiro atoms. The molecule has 0 aromatic heterocycles. The van der Waals surface area contributed by atoms with Crippen molar-refractivity contribution in [2.24, 2.45) is 0 Å². The van der Waals surface area contributed by atoms with Crippen LogP contribution in [0.5, 0.6) is 0 Å². The zero-order chi connectivity index (χ0) is 11.9. The Morgan fingerprint density at radius 1 is 1.06 bits per heavy atom. The molecule has 1 rings (SSSR count). The highest BCUT2D eigenvalue weighted by atomic mass is 16.3. The minimum Gasteiger partial charge on any atom is -0.382 e. The van der Waals surface area contributed by atoms with Gasteiger partial charge in [0.05, 0.1) is 0 Å². The maximum absolute atomic E-state index is 10.9. The van der Waals surface area contributed by atoms with Crippen molar-refractivity contribution in [1.82, 2.24) is 0 Å². The molecule has 0 heterocycles. The van der Waals surface area contributed by atoms with Crippen molar-refractivity contribution in [3.8, 4) is 0 Å². The van der Waals surface area contributed by atoms with E-state index < -0.39 is 5.60 Å². The van der Waals surface area contributed by atoms with Crippen molar-refractivity contribution in [3.05, 3.63) is 24.3 Å². The summed E-state index contributed by atoms with van der Waals surface area (Å²) in [5, 5.41) is 10.1. The summed E-state index contributed by atoms with van der Waals surface area (Å²) in [7, 11) is 0. The predicted molar refractivity (Wildman–Crippen MR) is 66.2 cm³/mol. The van der Waals surface area contributed by atoms with E-state index >= 15 is 0 Å². The number of hydrogen-bond donors (Lipinski definition) is 1. The molecule has 0 amide bonds. The smallest absolute Gasteiger partial charge is 0.178 e. The molecule has 0 fully saturated rings. The van der Waals surface area contributed by atoms with Gasteiger partial charge in [0, 0.05) is 0 Å². The standard InChI is InChI=1S/C14H22O2/c1-2-3-4-5-6-7-10-14(16)11-8-13(15)9-12-14/h8-9,11-12,16H,2-7,10H2,1H3. The Bertz CT molecular complexity index is 260. The number of aliphatic hydroxyl groups is 1. The lowest BCUT2D eigenvalue weighted by atomic mass is 9.91. The van der Waals surface area contributed by atoms with E-state index in [-0.39, 0.29) is 5.78 Å². The third-order valence-corrected chi connectivity index (χ3v) is 3.00. The molecule has 0 aromatic rings. The molecule has 0 aromatic carbocycles. The summed E-state index contributed by atoms with van der Waals surface area (Å²) in [5.41, 5.74) is -0.876. The second-order valence-electron chi connectivity index (χ2n) is 4.58. The number of ketones is 1. The molecular weight excluding hydrogens is 200 g/mol. The first kappa shape index (κ1) is 13.2. The molecule has 0 unspecified atom stereocenters. The molecule has 1 N–H and O–H groups in total. The van der Waals surface area contributed by atoms with Crippen LogP contribution in [0.4, 0.5) is 0 Å². The van der Waals surface area contributed by atoms with E-state index in [1.165, 1.54) is 37.8 Å². The molecule has 2 nitrogen and oxygen atoms in total. The molecule has 90 valence electrons. The molecule has 0 saturated heterocycles. The van der Waals surface area contributed by atoms with Crippen molar-refractivity contribution in [2.45, 2.75) is 57.5 Å². The lowest BCUT2D eigenvalue weighted by Gasteiger charge is -2.22. The Morgan fingerprint density at radius 2 is 1.62 bits per heavy atom. The Morgan fingerprint density at radius 3 is 2.25 bits per heavy atom. The van der Waals surface area contributed by atoms with E-state index in [9.17, 15) is 9.90 Å². The van der Waals surface area contributed by atoms with E-state index in [4.69, 9.17) is 0 Å². The molecule has 0 bridgehead atoms.